The molecule has 1 aromatic rings. The molecule has 2 rings (SSSR count). The van der Waals surface area contributed by atoms with Gasteiger partial charge in [-0.15, -0.1) is 12.4 Å². The van der Waals surface area contributed by atoms with Crippen molar-refractivity contribution in [3.63, 3.8) is 0 Å². The molecule has 1 aliphatic heterocycles. The molecule has 19 heavy (non-hydrogen) atoms. The van der Waals surface area contributed by atoms with Gasteiger partial charge in [-0.25, -0.2) is 8.42 Å². The molecule has 4 nitrogen and oxygen atoms in total. The number of sulfonamides is 1. The van der Waals surface area contributed by atoms with Crippen LogP contribution in [0.5, 0.6) is 0 Å². The maximum absolute atomic E-state index is 12.5. The summed E-state index contributed by atoms with van der Waals surface area (Å²) in [5.41, 5.74) is 6.36. The Hall–Kier alpha value is -0.330. The van der Waals surface area contributed by atoms with Gasteiger partial charge in [0.05, 0.1) is 5.02 Å². The number of hydrogen-bond acceptors (Lipinski definition) is 3. The van der Waals surface area contributed by atoms with E-state index in [-0.39, 0.29) is 23.2 Å². The van der Waals surface area contributed by atoms with Crippen molar-refractivity contribution in [2.24, 2.45) is 11.7 Å². The molecule has 1 aliphatic rings. The van der Waals surface area contributed by atoms with Crippen LogP contribution in [0.3, 0.4) is 0 Å². The first-order valence-electron chi connectivity index (χ1n) is 5.92. The highest BCUT2D eigenvalue weighted by Crippen LogP contribution is 2.30. The lowest BCUT2D eigenvalue weighted by atomic mass is 10.1. The summed E-state index contributed by atoms with van der Waals surface area (Å²) in [4.78, 5) is 0.196. The average Bonchev–Trinajstić information content (AvgIpc) is 2.81. The first-order chi connectivity index (χ1) is 8.46. The van der Waals surface area contributed by atoms with Crippen LogP contribution >= 0.6 is 24.0 Å². The summed E-state index contributed by atoms with van der Waals surface area (Å²) in [5.74, 6) is 0.253. The average molecular weight is 325 g/mol. The molecule has 1 fully saturated rings. The second kappa shape index (κ2) is 6.41. The summed E-state index contributed by atoms with van der Waals surface area (Å²) in [6.45, 7) is 3.33. The van der Waals surface area contributed by atoms with Crippen LogP contribution in [0.25, 0.3) is 0 Å². The summed E-state index contributed by atoms with van der Waals surface area (Å²) in [7, 11) is -3.49. The van der Waals surface area contributed by atoms with Gasteiger partial charge in [0.2, 0.25) is 10.0 Å². The highest BCUT2D eigenvalue weighted by atomic mass is 35.5. The first kappa shape index (κ1) is 16.7. The van der Waals surface area contributed by atoms with Crippen molar-refractivity contribution in [1.29, 1.82) is 0 Å². The molecule has 108 valence electrons. The molecule has 0 radical (unpaired) electrons. The highest BCUT2D eigenvalue weighted by molar-refractivity contribution is 7.89. The minimum absolute atomic E-state index is 0. The lowest BCUT2D eigenvalue weighted by molar-refractivity contribution is 0.459. The maximum Gasteiger partial charge on any atom is 0.244 e. The lowest BCUT2D eigenvalue weighted by Crippen LogP contribution is -2.30. The first-order valence-corrected chi connectivity index (χ1v) is 7.74. The molecule has 0 aromatic heterocycles. The Bertz CT molecular complexity index is 549. The lowest BCUT2D eigenvalue weighted by Gasteiger charge is -2.17. The molecule has 1 saturated heterocycles. The maximum atomic E-state index is 12.5. The number of halogens is 2. The van der Waals surface area contributed by atoms with Crippen LogP contribution in [0.1, 0.15) is 12.0 Å². The highest BCUT2D eigenvalue weighted by Gasteiger charge is 2.33. The van der Waals surface area contributed by atoms with E-state index < -0.39 is 10.0 Å². The zero-order valence-corrected chi connectivity index (χ0v) is 13.1. The number of rotatable bonds is 3. The van der Waals surface area contributed by atoms with E-state index >= 15 is 0 Å². The van der Waals surface area contributed by atoms with Crippen LogP contribution < -0.4 is 5.73 Å². The molecular formula is C12H18Cl2N2O2S. The van der Waals surface area contributed by atoms with Gasteiger partial charge in [-0.3, -0.25) is 0 Å². The number of benzene rings is 1. The van der Waals surface area contributed by atoms with Gasteiger partial charge in [0, 0.05) is 13.1 Å². The molecule has 0 aliphatic carbocycles. The van der Waals surface area contributed by atoms with E-state index in [1.165, 1.54) is 4.31 Å². The fraction of sp³-hybridized carbons (Fsp3) is 0.500. The van der Waals surface area contributed by atoms with Crippen LogP contribution in [-0.4, -0.2) is 32.4 Å². The fourth-order valence-electron chi connectivity index (χ4n) is 2.17. The smallest absolute Gasteiger partial charge is 0.244 e. The third-order valence-electron chi connectivity index (χ3n) is 3.36. The van der Waals surface area contributed by atoms with Gasteiger partial charge in [0.25, 0.3) is 0 Å². The summed E-state index contributed by atoms with van der Waals surface area (Å²) in [6, 6.07) is 5.07. The van der Waals surface area contributed by atoms with E-state index in [2.05, 4.69) is 0 Å². The van der Waals surface area contributed by atoms with Gasteiger partial charge in [0.15, 0.2) is 0 Å². The Kier molecular flexibility index (Phi) is 5.65. The van der Waals surface area contributed by atoms with Crippen LogP contribution in [0.4, 0.5) is 0 Å². The largest absolute Gasteiger partial charge is 0.330 e. The second-order valence-electron chi connectivity index (χ2n) is 4.64. The van der Waals surface area contributed by atoms with Gasteiger partial charge in [0.1, 0.15) is 4.90 Å². The molecule has 0 saturated carbocycles. The van der Waals surface area contributed by atoms with E-state index in [0.717, 1.165) is 12.0 Å². The second-order valence-corrected chi connectivity index (χ2v) is 6.92. The number of aryl methyl sites for hydroxylation is 1. The molecule has 1 unspecified atom stereocenters. The topological polar surface area (TPSA) is 63.4 Å². The fourth-order valence-corrected chi connectivity index (χ4v) is 4.25. The predicted molar refractivity (Wildman–Crippen MR) is 79.4 cm³/mol. The van der Waals surface area contributed by atoms with Crippen molar-refractivity contribution < 1.29 is 8.42 Å². The van der Waals surface area contributed by atoms with Crippen molar-refractivity contribution in [3.05, 3.63) is 28.8 Å². The van der Waals surface area contributed by atoms with Crippen molar-refractivity contribution in [3.8, 4) is 0 Å². The van der Waals surface area contributed by atoms with E-state index in [1.807, 2.05) is 0 Å². The zero-order valence-electron chi connectivity index (χ0n) is 10.7. The molecule has 0 amide bonds. The normalized spacial score (nSPS) is 20.3. The van der Waals surface area contributed by atoms with E-state index in [0.29, 0.717) is 24.7 Å². The number of nitrogens with two attached hydrogens (primary N) is 1. The Morgan fingerprint density at radius 3 is 2.74 bits per heavy atom. The number of nitrogens with zero attached hydrogens (tertiary/aromatic N) is 1. The number of hydrogen-bond donors (Lipinski definition) is 1. The van der Waals surface area contributed by atoms with Crippen molar-refractivity contribution in [2.45, 2.75) is 18.2 Å². The van der Waals surface area contributed by atoms with Crippen LogP contribution in [0, 0.1) is 12.8 Å². The van der Waals surface area contributed by atoms with E-state index in [9.17, 15) is 8.42 Å². The van der Waals surface area contributed by atoms with Gasteiger partial charge in [-0.2, -0.15) is 4.31 Å². The molecule has 1 aromatic carbocycles. The summed E-state index contributed by atoms with van der Waals surface area (Å²) in [6.07, 6.45) is 0.819. The monoisotopic (exact) mass is 324 g/mol. The summed E-state index contributed by atoms with van der Waals surface area (Å²) in [5, 5.41) is 0.314. The minimum Gasteiger partial charge on any atom is -0.330 e. The third kappa shape index (κ3) is 3.23. The quantitative estimate of drug-likeness (QED) is 0.925. The SMILES string of the molecule is Cc1cccc(S(=O)(=O)N2CCC(CN)C2)c1Cl.Cl. The predicted octanol–water partition coefficient (Wildman–Crippen LogP) is 2.04. The molecular weight excluding hydrogens is 307 g/mol. The van der Waals surface area contributed by atoms with Crippen molar-refractivity contribution in [1.82, 2.24) is 4.31 Å². The van der Waals surface area contributed by atoms with Crippen molar-refractivity contribution >= 4 is 34.0 Å². The van der Waals surface area contributed by atoms with Crippen LogP contribution in [0.15, 0.2) is 23.1 Å². The molecule has 2 N–H and O–H groups in total. The van der Waals surface area contributed by atoms with Crippen molar-refractivity contribution in [2.75, 3.05) is 19.6 Å². The van der Waals surface area contributed by atoms with E-state index in [4.69, 9.17) is 17.3 Å². The molecule has 0 bridgehead atoms. The van der Waals surface area contributed by atoms with Crippen LogP contribution in [-0.2, 0) is 10.0 Å². The van der Waals surface area contributed by atoms with Gasteiger partial charge in [-0.1, -0.05) is 23.7 Å². The summed E-state index contributed by atoms with van der Waals surface area (Å²) < 4.78 is 26.4. The molecule has 7 heteroatoms. The Labute approximate surface area is 125 Å². The zero-order chi connectivity index (χ0) is 13.3. The van der Waals surface area contributed by atoms with Gasteiger partial charge >= 0.3 is 0 Å². The van der Waals surface area contributed by atoms with Gasteiger partial charge < -0.3 is 5.73 Å². The van der Waals surface area contributed by atoms with Gasteiger partial charge in [-0.05, 0) is 37.4 Å². The van der Waals surface area contributed by atoms with Crippen LogP contribution in [0.2, 0.25) is 5.02 Å². The Morgan fingerprint density at radius 2 is 2.16 bits per heavy atom. The Morgan fingerprint density at radius 1 is 1.47 bits per heavy atom. The minimum atomic E-state index is -3.49. The standard InChI is InChI=1S/C12H17ClN2O2S.ClH/c1-9-3-2-4-11(12(9)13)18(16,17)15-6-5-10(7-14)8-15;/h2-4,10H,5-8,14H2,1H3;1H. The molecule has 0 spiro atoms. The Balaban J connectivity index is 0.00000180. The molecule has 1 heterocycles. The van der Waals surface area contributed by atoms with E-state index in [1.54, 1.807) is 25.1 Å². The summed E-state index contributed by atoms with van der Waals surface area (Å²) >= 11 is 6.10. The molecule has 1 atom stereocenters. The third-order valence-corrected chi connectivity index (χ3v) is 5.88.